The number of carbonyl (C=O) groups excluding carboxylic acids is 2. The van der Waals surface area contributed by atoms with E-state index in [9.17, 15) is 30.0 Å². The molecule has 1 aromatic heterocycles. The molecule has 30 heavy (non-hydrogen) atoms. The molecule has 1 aromatic carbocycles. The van der Waals surface area contributed by atoms with Crippen LogP contribution < -0.4 is 0 Å². The fourth-order valence-corrected chi connectivity index (χ4v) is 3.79. The number of nitrogens with zero attached hydrogens (tertiary/aromatic N) is 1. The number of hydrogen-bond acceptors (Lipinski definition) is 10. The molecule has 3 unspecified atom stereocenters. The van der Waals surface area contributed by atoms with Crippen LogP contribution >= 0.6 is 11.6 Å². The molecule has 1 aliphatic heterocycles. The molecule has 10 nitrogen and oxygen atoms in total. The SMILES string of the molecule is Cc1nc2c(Cl)cc(C(=O)[C@H]3C[C@@H]3C(=O)OCC3OC(O)[C@H](O)[C@@H](O)C3O)cc2o1. The topological polar surface area (TPSA) is 160 Å². The number of fused-ring (bicyclic) bond motifs is 1. The molecular weight excluding hydrogens is 422 g/mol. The minimum atomic E-state index is -1.72. The van der Waals surface area contributed by atoms with E-state index in [1.165, 1.54) is 12.1 Å². The van der Waals surface area contributed by atoms with Crippen LogP contribution in [0.4, 0.5) is 0 Å². The molecule has 7 atom stereocenters. The van der Waals surface area contributed by atoms with Gasteiger partial charge in [0.1, 0.15) is 36.5 Å². The van der Waals surface area contributed by atoms with Gasteiger partial charge in [-0.2, -0.15) is 0 Å². The lowest BCUT2D eigenvalue weighted by Gasteiger charge is -2.37. The van der Waals surface area contributed by atoms with Crippen LogP contribution in [0.3, 0.4) is 0 Å². The maximum absolute atomic E-state index is 12.7. The molecule has 162 valence electrons. The van der Waals surface area contributed by atoms with Crippen molar-refractivity contribution in [3.63, 3.8) is 0 Å². The Morgan fingerprint density at radius 2 is 1.90 bits per heavy atom. The minimum Gasteiger partial charge on any atom is -0.463 e. The number of ketones is 1. The van der Waals surface area contributed by atoms with Gasteiger partial charge in [0.15, 0.2) is 23.5 Å². The van der Waals surface area contributed by atoms with Crippen molar-refractivity contribution < 1.29 is 43.9 Å². The van der Waals surface area contributed by atoms with Gasteiger partial charge in [0, 0.05) is 18.4 Å². The molecule has 0 spiro atoms. The first kappa shape index (κ1) is 21.2. The zero-order valence-electron chi connectivity index (χ0n) is 15.8. The molecule has 2 fully saturated rings. The molecular formula is C19H20ClNO9. The minimum absolute atomic E-state index is 0.273. The van der Waals surface area contributed by atoms with Crippen molar-refractivity contribution in [2.45, 2.75) is 44.1 Å². The van der Waals surface area contributed by atoms with Gasteiger partial charge in [0.2, 0.25) is 0 Å². The molecule has 2 aliphatic rings. The highest BCUT2D eigenvalue weighted by Gasteiger charge is 2.50. The third-order valence-electron chi connectivity index (χ3n) is 5.35. The summed E-state index contributed by atoms with van der Waals surface area (Å²) in [6.07, 6.45) is -7.51. The van der Waals surface area contributed by atoms with Crippen LogP contribution in [0.25, 0.3) is 11.1 Å². The summed E-state index contributed by atoms with van der Waals surface area (Å²) in [5.74, 6) is -1.77. The molecule has 1 aliphatic carbocycles. The number of benzene rings is 1. The average Bonchev–Trinajstić information content (AvgIpc) is 3.42. The molecule has 11 heteroatoms. The van der Waals surface area contributed by atoms with E-state index in [2.05, 4.69) is 4.98 Å². The van der Waals surface area contributed by atoms with Crippen molar-refractivity contribution in [2.24, 2.45) is 11.8 Å². The summed E-state index contributed by atoms with van der Waals surface area (Å²) in [4.78, 5) is 29.1. The average molecular weight is 442 g/mol. The molecule has 2 heterocycles. The summed E-state index contributed by atoms with van der Waals surface area (Å²) in [7, 11) is 0. The first-order valence-corrected chi connectivity index (χ1v) is 9.70. The second kappa shape index (κ2) is 7.88. The predicted molar refractivity (Wildman–Crippen MR) is 99.5 cm³/mol. The lowest BCUT2D eigenvalue weighted by Crippen LogP contribution is -2.58. The smallest absolute Gasteiger partial charge is 0.309 e. The number of rotatable bonds is 5. The summed E-state index contributed by atoms with van der Waals surface area (Å²) in [5.41, 5.74) is 1.14. The summed E-state index contributed by atoms with van der Waals surface area (Å²) >= 11 is 6.16. The van der Waals surface area contributed by atoms with Gasteiger partial charge in [-0.3, -0.25) is 9.59 Å². The number of aryl methyl sites for hydroxylation is 1. The van der Waals surface area contributed by atoms with Crippen LogP contribution in [0, 0.1) is 18.8 Å². The van der Waals surface area contributed by atoms with Crippen molar-refractivity contribution in [3.05, 3.63) is 28.6 Å². The molecule has 0 amide bonds. The van der Waals surface area contributed by atoms with E-state index in [-0.39, 0.29) is 10.8 Å². The Labute approximate surface area is 175 Å². The van der Waals surface area contributed by atoms with Crippen LogP contribution in [-0.4, -0.2) is 74.5 Å². The predicted octanol–water partition coefficient (Wildman–Crippen LogP) is -0.0485. The zero-order chi connectivity index (χ0) is 21.7. The summed E-state index contributed by atoms with van der Waals surface area (Å²) in [6.45, 7) is 1.21. The van der Waals surface area contributed by atoms with E-state index >= 15 is 0 Å². The van der Waals surface area contributed by atoms with Crippen molar-refractivity contribution in [1.29, 1.82) is 0 Å². The van der Waals surface area contributed by atoms with Crippen LogP contribution in [0.2, 0.25) is 5.02 Å². The van der Waals surface area contributed by atoms with Gasteiger partial charge in [-0.05, 0) is 18.6 Å². The molecule has 0 radical (unpaired) electrons. The Morgan fingerprint density at radius 3 is 2.63 bits per heavy atom. The number of esters is 1. The lowest BCUT2D eigenvalue weighted by molar-refractivity contribution is -0.287. The number of aromatic nitrogens is 1. The molecule has 4 N–H and O–H groups in total. The fraction of sp³-hybridized carbons (Fsp3) is 0.526. The van der Waals surface area contributed by atoms with Gasteiger partial charge in [-0.25, -0.2) is 4.98 Å². The van der Waals surface area contributed by atoms with Gasteiger partial charge in [0.25, 0.3) is 0 Å². The van der Waals surface area contributed by atoms with Gasteiger partial charge in [-0.15, -0.1) is 0 Å². The van der Waals surface area contributed by atoms with Crippen LogP contribution in [0.1, 0.15) is 22.7 Å². The molecule has 0 bridgehead atoms. The van der Waals surface area contributed by atoms with E-state index in [1.807, 2.05) is 0 Å². The van der Waals surface area contributed by atoms with Gasteiger partial charge >= 0.3 is 5.97 Å². The van der Waals surface area contributed by atoms with E-state index < -0.39 is 55.1 Å². The van der Waals surface area contributed by atoms with Crippen LogP contribution in [0.5, 0.6) is 0 Å². The highest BCUT2D eigenvalue weighted by Crippen LogP contribution is 2.43. The highest BCUT2D eigenvalue weighted by atomic mass is 35.5. The summed E-state index contributed by atoms with van der Waals surface area (Å²) in [6, 6.07) is 3.01. The monoisotopic (exact) mass is 441 g/mol. The van der Waals surface area contributed by atoms with E-state index in [0.29, 0.717) is 29.0 Å². The number of Topliss-reactive ketones (excluding diaryl/α,β-unsaturated/α-hetero) is 1. The Kier molecular flexibility index (Phi) is 5.56. The van der Waals surface area contributed by atoms with Crippen LogP contribution in [0.15, 0.2) is 16.5 Å². The molecule has 1 saturated carbocycles. The molecule has 4 rings (SSSR count). The maximum atomic E-state index is 12.7. The maximum Gasteiger partial charge on any atom is 0.309 e. The van der Waals surface area contributed by atoms with E-state index in [1.54, 1.807) is 6.92 Å². The zero-order valence-corrected chi connectivity index (χ0v) is 16.5. The van der Waals surface area contributed by atoms with Crippen molar-refractivity contribution in [3.8, 4) is 0 Å². The third-order valence-corrected chi connectivity index (χ3v) is 5.63. The van der Waals surface area contributed by atoms with E-state index in [0.717, 1.165) is 0 Å². The second-order valence-corrected chi connectivity index (χ2v) is 7.92. The number of halogens is 1. The number of oxazole rings is 1. The normalized spacial score (nSPS) is 33.5. The Morgan fingerprint density at radius 1 is 1.17 bits per heavy atom. The Bertz CT molecular complexity index is 992. The fourth-order valence-electron chi connectivity index (χ4n) is 3.54. The van der Waals surface area contributed by atoms with Crippen molar-refractivity contribution in [1.82, 2.24) is 4.98 Å². The van der Waals surface area contributed by atoms with Crippen molar-refractivity contribution >= 4 is 34.5 Å². The lowest BCUT2D eigenvalue weighted by atomic mass is 9.99. The first-order chi connectivity index (χ1) is 14.2. The van der Waals surface area contributed by atoms with Gasteiger partial charge < -0.3 is 34.3 Å². The quantitative estimate of drug-likeness (QED) is 0.366. The van der Waals surface area contributed by atoms with Crippen LogP contribution in [-0.2, 0) is 14.3 Å². The standard InChI is InChI=1S/C19H20ClNO9/c1-6-21-13-10(20)2-7(3-11(13)29-6)14(22)8-4-9(8)18(26)28-5-12-15(23)16(24)17(25)19(27)30-12/h2-3,8-9,12,15-17,19,23-25,27H,4-5H2,1H3/t8-,9-,12?,15?,16-,17+,19?/m0/s1. The Hall–Kier alpha value is -2.08. The van der Waals surface area contributed by atoms with Gasteiger partial charge in [0.05, 0.1) is 10.9 Å². The number of ether oxygens (including phenoxy) is 2. The number of aliphatic hydroxyl groups excluding tert-OH is 4. The van der Waals surface area contributed by atoms with E-state index in [4.69, 9.17) is 25.5 Å². The Balaban J connectivity index is 1.36. The largest absolute Gasteiger partial charge is 0.463 e. The second-order valence-electron chi connectivity index (χ2n) is 7.52. The summed E-state index contributed by atoms with van der Waals surface area (Å²) < 4.78 is 15.5. The van der Waals surface area contributed by atoms with Crippen molar-refractivity contribution in [2.75, 3.05) is 6.61 Å². The number of hydrogen-bond donors (Lipinski definition) is 4. The third kappa shape index (κ3) is 3.82. The number of aliphatic hydroxyl groups is 4. The first-order valence-electron chi connectivity index (χ1n) is 9.32. The molecule has 2 aromatic rings. The number of carbonyl (C=O) groups is 2. The van der Waals surface area contributed by atoms with Gasteiger partial charge in [-0.1, -0.05) is 11.6 Å². The summed E-state index contributed by atoms with van der Waals surface area (Å²) in [5, 5.41) is 38.8. The highest BCUT2D eigenvalue weighted by molar-refractivity contribution is 6.35. The molecule has 1 saturated heterocycles.